The van der Waals surface area contributed by atoms with Crippen LogP contribution in [0, 0.1) is 5.92 Å². The number of nitrogens with one attached hydrogen (secondary N) is 1. The number of benzene rings is 1. The number of ether oxygens (including phenoxy) is 2. The van der Waals surface area contributed by atoms with Crippen LogP contribution in [0.2, 0.25) is 0 Å². The van der Waals surface area contributed by atoms with E-state index in [0.29, 0.717) is 33.7 Å². The number of methoxy groups -OCH3 is 2. The lowest BCUT2D eigenvalue weighted by Gasteiger charge is -2.18. The Hall–Kier alpha value is -3.05. The van der Waals surface area contributed by atoms with Crippen molar-refractivity contribution in [2.24, 2.45) is 5.92 Å². The van der Waals surface area contributed by atoms with Gasteiger partial charge in [0.15, 0.2) is 5.95 Å². The van der Waals surface area contributed by atoms with Gasteiger partial charge in [-0.15, -0.1) is 11.3 Å². The first-order valence-electron chi connectivity index (χ1n) is 10.8. The summed E-state index contributed by atoms with van der Waals surface area (Å²) in [4.78, 5) is 26.2. The number of thiophene rings is 1. The Morgan fingerprint density at radius 2 is 2.09 bits per heavy atom. The number of carbonyl (C=O) groups is 2. The van der Waals surface area contributed by atoms with E-state index in [-0.39, 0.29) is 17.4 Å². The maximum Gasteiger partial charge on any atom is 0.341 e. The third-order valence-corrected chi connectivity index (χ3v) is 7.80. The van der Waals surface area contributed by atoms with E-state index in [0.717, 1.165) is 29.7 Å². The molecule has 0 aliphatic heterocycles. The van der Waals surface area contributed by atoms with E-state index in [4.69, 9.17) is 14.0 Å². The molecule has 2 heterocycles. The number of rotatable bonds is 8. The predicted molar refractivity (Wildman–Crippen MR) is 125 cm³/mol. The van der Waals surface area contributed by atoms with Gasteiger partial charge in [-0.1, -0.05) is 18.7 Å². The zero-order valence-corrected chi connectivity index (χ0v) is 20.7. The van der Waals surface area contributed by atoms with Crippen LogP contribution in [0.15, 0.2) is 33.8 Å². The molecular weight excluding hydrogens is 478 g/mol. The van der Waals surface area contributed by atoms with Crippen molar-refractivity contribution in [3.63, 3.8) is 0 Å². The number of carbonyl (C=O) groups excluding carboxylic acids is 2. The second-order valence-corrected chi connectivity index (χ2v) is 10.2. The van der Waals surface area contributed by atoms with Gasteiger partial charge in [0.2, 0.25) is 11.6 Å². The van der Waals surface area contributed by atoms with Gasteiger partial charge in [0.1, 0.15) is 10.8 Å². The first kappa shape index (κ1) is 24.1. The van der Waals surface area contributed by atoms with E-state index in [1.165, 1.54) is 34.9 Å². The molecule has 0 fully saturated rings. The molecule has 1 aliphatic carbocycles. The molecule has 1 aliphatic rings. The Balaban J connectivity index is 1.42. The number of thioether (sulfide) groups is 1. The highest BCUT2D eigenvalue weighted by molar-refractivity contribution is 7.99. The van der Waals surface area contributed by atoms with Gasteiger partial charge in [0.05, 0.1) is 25.1 Å². The number of aromatic nitrogens is 2. The normalized spacial score (nSPS) is 15.0. The van der Waals surface area contributed by atoms with Crippen LogP contribution >= 0.6 is 23.1 Å². The van der Waals surface area contributed by atoms with Gasteiger partial charge in [0.25, 0.3) is 5.03 Å². The summed E-state index contributed by atoms with van der Waals surface area (Å²) in [5.41, 5.74) is 2.09. The molecule has 1 aromatic carbocycles. The number of amides is 1. The molecule has 180 valence electrons. The topological polar surface area (TPSA) is 118 Å². The summed E-state index contributed by atoms with van der Waals surface area (Å²) in [6.45, 7) is 2.18. The Kier molecular flexibility index (Phi) is 7.42. The zero-order chi connectivity index (χ0) is 24.2. The average Bonchev–Trinajstić information content (AvgIpc) is 3.38. The molecule has 0 radical (unpaired) electrons. The van der Waals surface area contributed by atoms with Gasteiger partial charge in [-0.25, -0.2) is 4.79 Å². The van der Waals surface area contributed by atoms with Crippen LogP contribution in [-0.4, -0.2) is 37.1 Å². The van der Waals surface area contributed by atoms with E-state index < -0.39 is 11.9 Å². The van der Waals surface area contributed by atoms with Crippen molar-refractivity contribution < 1.29 is 33.4 Å². The molecule has 1 N–H and O–H groups in total. The second kappa shape index (κ2) is 10.5. The summed E-state index contributed by atoms with van der Waals surface area (Å²) >= 11 is 2.63. The van der Waals surface area contributed by atoms with E-state index in [1.807, 2.05) is 0 Å². The average molecular weight is 504 g/mol. The van der Waals surface area contributed by atoms with Crippen molar-refractivity contribution in [3.8, 4) is 17.4 Å². The second-order valence-electron chi connectivity index (χ2n) is 7.97. The van der Waals surface area contributed by atoms with Crippen LogP contribution in [0.5, 0.6) is 11.7 Å². The molecule has 0 spiro atoms. The zero-order valence-electron chi connectivity index (χ0n) is 19.1. The van der Waals surface area contributed by atoms with Gasteiger partial charge in [-0.3, -0.25) is 4.79 Å². The lowest BCUT2D eigenvalue weighted by atomic mass is 9.88. The molecule has 1 atom stereocenters. The van der Waals surface area contributed by atoms with Crippen LogP contribution in [0.1, 0.15) is 40.6 Å². The SMILES string of the molecule is COC(=O)c1c(NC(=O)CCSc2c([O-])on[n+]2-c2ccc(OC)cc2)sc2c1CCC(C)C2. The minimum absolute atomic E-state index is 0.136. The highest BCUT2D eigenvalue weighted by atomic mass is 32.2. The van der Waals surface area contributed by atoms with Crippen molar-refractivity contribution in [1.29, 1.82) is 0 Å². The van der Waals surface area contributed by atoms with Crippen LogP contribution in [0.4, 0.5) is 5.00 Å². The molecule has 0 saturated heterocycles. The lowest BCUT2D eigenvalue weighted by molar-refractivity contribution is -0.705. The summed E-state index contributed by atoms with van der Waals surface area (Å²) in [5, 5.41) is 19.6. The Morgan fingerprint density at radius 1 is 1.32 bits per heavy atom. The molecule has 11 heteroatoms. The summed E-state index contributed by atoms with van der Waals surface area (Å²) in [5.74, 6) is 0.292. The molecule has 4 rings (SSSR count). The summed E-state index contributed by atoms with van der Waals surface area (Å²) in [6, 6.07) is 7.02. The van der Waals surface area contributed by atoms with Gasteiger partial charge in [-0.05, 0) is 47.6 Å². The third-order valence-electron chi connectivity index (χ3n) is 5.61. The highest BCUT2D eigenvalue weighted by Gasteiger charge is 2.29. The number of hydrogen-bond donors (Lipinski definition) is 1. The smallest absolute Gasteiger partial charge is 0.341 e. The Bertz CT molecular complexity index is 1190. The van der Waals surface area contributed by atoms with Crippen molar-refractivity contribution in [3.05, 3.63) is 40.3 Å². The molecule has 1 amide bonds. The minimum atomic E-state index is -0.575. The summed E-state index contributed by atoms with van der Waals surface area (Å²) in [7, 11) is 2.91. The van der Waals surface area contributed by atoms with Gasteiger partial charge in [-0.2, -0.15) is 0 Å². The van der Waals surface area contributed by atoms with Gasteiger partial charge in [0, 0.05) is 29.2 Å². The molecule has 0 bridgehead atoms. The van der Waals surface area contributed by atoms with Crippen LogP contribution < -0.4 is 19.8 Å². The quantitative estimate of drug-likeness (QED) is 0.283. The number of fused-ring (bicyclic) bond motifs is 1. The van der Waals surface area contributed by atoms with Crippen LogP contribution in [0.25, 0.3) is 5.69 Å². The first-order chi connectivity index (χ1) is 16.4. The number of hydrogen-bond acceptors (Lipinski definition) is 9. The molecule has 9 nitrogen and oxygen atoms in total. The maximum atomic E-state index is 12.7. The number of anilines is 1. The van der Waals surface area contributed by atoms with Gasteiger partial charge >= 0.3 is 5.97 Å². The fourth-order valence-electron chi connectivity index (χ4n) is 3.83. The fourth-order valence-corrected chi connectivity index (χ4v) is 6.15. The van der Waals surface area contributed by atoms with Crippen molar-refractivity contribution >= 4 is 40.0 Å². The van der Waals surface area contributed by atoms with E-state index >= 15 is 0 Å². The van der Waals surface area contributed by atoms with E-state index in [1.54, 1.807) is 31.4 Å². The van der Waals surface area contributed by atoms with Crippen LogP contribution in [0.3, 0.4) is 0 Å². The Labute approximate surface area is 205 Å². The summed E-state index contributed by atoms with van der Waals surface area (Å²) in [6.07, 6.45) is 2.83. The van der Waals surface area contributed by atoms with E-state index in [9.17, 15) is 14.7 Å². The van der Waals surface area contributed by atoms with E-state index in [2.05, 4.69) is 17.5 Å². The molecule has 0 saturated carbocycles. The minimum Gasteiger partial charge on any atom is -0.538 e. The maximum absolute atomic E-state index is 12.7. The molecule has 2 aromatic heterocycles. The highest BCUT2D eigenvalue weighted by Crippen LogP contribution is 2.40. The number of nitrogens with zero attached hydrogens (tertiary/aromatic N) is 2. The standard InChI is InChI=1S/C23H25N3O6S2/c1-13-4-9-16-17(12-13)34-20(19(16)22(28)31-3)24-18(27)10-11-33-21-23(29)32-25-26(21)14-5-7-15(30-2)8-6-14/h5-8,13H,4,9-12H2,1-3H3,(H-,24,25,27,28,29). The molecular formula is C23H25N3O6S2. The van der Waals surface area contributed by atoms with Crippen molar-refractivity contribution in [2.45, 2.75) is 37.6 Å². The van der Waals surface area contributed by atoms with Crippen molar-refractivity contribution in [1.82, 2.24) is 5.27 Å². The molecule has 34 heavy (non-hydrogen) atoms. The van der Waals surface area contributed by atoms with Gasteiger partial charge < -0.3 is 24.4 Å². The largest absolute Gasteiger partial charge is 0.538 e. The van der Waals surface area contributed by atoms with Crippen molar-refractivity contribution in [2.75, 3.05) is 25.3 Å². The van der Waals surface area contributed by atoms with Crippen LogP contribution in [-0.2, 0) is 22.4 Å². The first-order valence-corrected chi connectivity index (χ1v) is 12.6. The Morgan fingerprint density at radius 3 is 2.79 bits per heavy atom. The fraction of sp³-hybridized carbons (Fsp3) is 0.391. The summed E-state index contributed by atoms with van der Waals surface area (Å²) < 4.78 is 16.3. The molecule has 3 aromatic rings. The number of esters is 1. The lowest BCUT2D eigenvalue weighted by Crippen LogP contribution is -2.34. The monoisotopic (exact) mass is 503 g/mol. The third kappa shape index (κ3) is 5.05. The predicted octanol–water partition coefficient (Wildman–Crippen LogP) is 3.13. The molecule has 1 unspecified atom stereocenters.